The molecule has 7 heteroatoms. The number of hydrogen-bond acceptors (Lipinski definition) is 6. The molecule has 4 rings (SSSR count). The van der Waals surface area contributed by atoms with Gasteiger partial charge in [0.1, 0.15) is 0 Å². The fourth-order valence-corrected chi connectivity index (χ4v) is 4.71. The van der Waals surface area contributed by atoms with Crippen LogP contribution in [0.1, 0.15) is 29.5 Å². The van der Waals surface area contributed by atoms with Crippen molar-refractivity contribution in [2.24, 2.45) is 0 Å². The molecule has 0 saturated carbocycles. The van der Waals surface area contributed by atoms with Gasteiger partial charge >= 0.3 is 0 Å². The summed E-state index contributed by atoms with van der Waals surface area (Å²) in [4.78, 5) is 2.28. The Kier molecular flexibility index (Phi) is 6.00. The van der Waals surface area contributed by atoms with Crippen LogP contribution in [0.2, 0.25) is 0 Å². The molecule has 0 aliphatic carbocycles. The average molecular weight is 389 g/mol. The van der Waals surface area contributed by atoms with Gasteiger partial charge in [-0.05, 0) is 32.3 Å². The van der Waals surface area contributed by atoms with Crippen molar-refractivity contribution in [1.29, 1.82) is 0 Å². The molecule has 1 aromatic heterocycles. The summed E-state index contributed by atoms with van der Waals surface area (Å²) >= 11 is 1.76. The fourth-order valence-electron chi connectivity index (χ4n) is 3.84. The van der Waals surface area contributed by atoms with Gasteiger partial charge in [0.25, 0.3) is 0 Å². The van der Waals surface area contributed by atoms with E-state index in [-0.39, 0.29) is 6.10 Å². The summed E-state index contributed by atoms with van der Waals surface area (Å²) in [5, 5.41) is 10.0. The molecule has 0 amide bonds. The van der Waals surface area contributed by atoms with Crippen molar-refractivity contribution in [2.75, 3.05) is 37.8 Å². The predicted molar refractivity (Wildman–Crippen MR) is 108 cm³/mol. The van der Waals surface area contributed by atoms with Crippen molar-refractivity contribution in [1.82, 2.24) is 14.8 Å². The Morgan fingerprint density at radius 2 is 1.85 bits per heavy atom. The van der Waals surface area contributed by atoms with Crippen molar-refractivity contribution < 1.29 is 9.47 Å². The minimum absolute atomic E-state index is 0.265. The summed E-state index contributed by atoms with van der Waals surface area (Å²) in [6.07, 6.45) is 2.52. The third kappa shape index (κ3) is 4.65. The van der Waals surface area contributed by atoms with E-state index in [0.717, 1.165) is 69.2 Å². The number of morpholine rings is 1. The summed E-state index contributed by atoms with van der Waals surface area (Å²) < 4.78 is 13.6. The van der Waals surface area contributed by atoms with Crippen LogP contribution in [0.5, 0.6) is 0 Å². The lowest BCUT2D eigenvalue weighted by atomic mass is 10.1. The van der Waals surface area contributed by atoms with Gasteiger partial charge in [-0.25, -0.2) is 0 Å². The number of benzene rings is 1. The second-order valence-electron chi connectivity index (χ2n) is 7.41. The Hall–Kier alpha value is -1.57. The minimum Gasteiger partial charge on any atom is -0.378 e. The van der Waals surface area contributed by atoms with Crippen molar-refractivity contribution in [3.05, 3.63) is 34.9 Å². The third-order valence-corrected chi connectivity index (χ3v) is 6.09. The highest BCUT2D eigenvalue weighted by atomic mass is 32.2. The number of aryl methyl sites for hydroxylation is 2. The van der Waals surface area contributed by atoms with Crippen LogP contribution in [-0.2, 0) is 21.8 Å². The lowest BCUT2D eigenvalue weighted by Gasteiger charge is -2.28. The smallest absolute Gasteiger partial charge is 0.228 e. The van der Waals surface area contributed by atoms with E-state index in [2.05, 4.69) is 51.7 Å². The summed E-state index contributed by atoms with van der Waals surface area (Å²) in [5.41, 5.74) is 3.94. The first-order valence-corrected chi connectivity index (χ1v) is 10.7. The van der Waals surface area contributed by atoms with Crippen LogP contribution in [0.3, 0.4) is 0 Å². The van der Waals surface area contributed by atoms with Gasteiger partial charge in [0, 0.05) is 25.4 Å². The Balaban J connectivity index is 1.53. The van der Waals surface area contributed by atoms with Gasteiger partial charge in [0.2, 0.25) is 5.95 Å². The summed E-state index contributed by atoms with van der Waals surface area (Å²) in [5.74, 6) is 1.85. The molecular weight excluding hydrogens is 360 g/mol. The first-order chi connectivity index (χ1) is 13.2. The molecule has 0 bridgehead atoms. The van der Waals surface area contributed by atoms with E-state index in [9.17, 15) is 0 Å². The molecule has 27 heavy (non-hydrogen) atoms. The highest BCUT2D eigenvalue weighted by molar-refractivity contribution is 7.98. The zero-order valence-corrected chi connectivity index (χ0v) is 17.0. The Bertz CT molecular complexity index is 747. The van der Waals surface area contributed by atoms with Crippen LogP contribution in [0.15, 0.2) is 23.4 Å². The molecule has 6 nitrogen and oxygen atoms in total. The minimum atomic E-state index is 0.265. The SMILES string of the molecule is Cc1cc(C)cc(CSc2nnc(N3CCOCC3)n2CC2CCCO2)c1. The molecular formula is C20H28N4O2S. The number of thioether (sulfide) groups is 1. The van der Waals surface area contributed by atoms with Crippen LogP contribution in [0, 0.1) is 13.8 Å². The number of nitrogens with zero attached hydrogens (tertiary/aromatic N) is 4. The third-order valence-electron chi connectivity index (χ3n) is 5.05. The molecule has 2 aromatic rings. The zero-order chi connectivity index (χ0) is 18.6. The average Bonchev–Trinajstić information content (AvgIpc) is 3.30. The number of ether oxygens (including phenoxy) is 2. The van der Waals surface area contributed by atoms with Gasteiger partial charge in [-0.3, -0.25) is 4.57 Å². The molecule has 0 spiro atoms. The number of anilines is 1. The number of rotatable bonds is 6. The number of hydrogen-bond donors (Lipinski definition) is 0. The van der Waals surface area contributed by atoms with Gasteiger partial charge < -0.3 is 14.4 Å². The molecule has 2 aliphatic rings. The van der Waals surface area contributed by atoms with Crippen molar-refractivity contribution >= 4 is 17.7 Å². The maximum absolute atomic E-state index is 5.89. The Labute approximate surface area is 165 Å². The van der Waals surface area contributed by atoms with Crippen LogP contribution in [0.4, 0.5) is 5.95 Å². The lowest BCUT2D eigenvalue weighted by Crippen LogP contribution is -2.38. The van der Waals surface area contributed by atoms with Crippen LogP contribution < -0.4 is 4.90 Å². The Morgan fingerprint density at radius 3 is 2.56 bits per heavy atom. The molecule has 2 saturated heterocycles. The summed E-state index contributed by atoms with van der Waals surface area (Å²) in [7, 11) is 0. The standard InChI is InChI=1S/C20H28N4O2S/c1-15-10-16(2)12-17(11-15)14-27-20-22-21-19(23-5-8-25-9-6-23)24(20)13-18-4-3-7-26-18/h10-12,18H,3-9,13-14H2,1-2H3. The molecule has 0 radical (unpaired) electrons. The second kappa shape index (κ2) is 8.63. The highest BCUT2D eigenvalue weighted by Gasteiger charge is 2.24. The Morgan fingerprint density at radius 1 is 1.07 bits per heavy atom. The molecule has 1 unspecified atom stereocenters. The molecule has 0 N–H and O–H groups in total. The van der Waals surface area contributed by atoms with Gasteiger partial charge in [-0.15, -0.1) is 10.2 Å². The lowest BCUT2D eigenvalue weighted by molar-refractivity contribution is 0.0942. The van der Waals surface area contributed by atoms with Gasteiger partial charge in [0.15, 0.2) is 5.16 Å². The van der Waals surface area contributed by atoms with E-state index in [1.165, 1.54) is 16.7 Å². The monoisotopic (exact) mass is 388 g/mol. The van der Waals surface area contributed by atoms with Gasteiger partial charge in [-0.1, -0.05) is 41.1 Å². The predicted octanol–water partition coefficient (Wildman–Crippen LogP) is 3.20. The van der Waals surface area contributed by atoms with Gasteiger partial charge in [-0.2, -0.15) is 0 Å². The first kappa shape index (κ1) is 18.8. The molecule has 2 aliphatic heterocycles. The van der Waals surface area contributed by atoms with Crippen molar-refractivity contribution in [2.45, 2.75) is 50.2 Å². The van der Waals surface area contributed by atoms with E-state index in [1.54, 1.807) is 11.8 Å². The molecule has 3 heterocycles. The highest BCUT2D eigenvalue weighted by Crippen LogP contribution is 2.28. The van der Waals surface area contributed by atoms with E-state index in [0.29, 0.717) is 0 Å². The largest absolute Gasteiger partial charge is 0.378 e. The molecule has 2 fully saturated rings. The maximum Gasteiger partial charge on any atom is 0.228 e. The number of aromatic nitrogens is 3. The summed E-state index contributed by atoms with van der Waals surface area (Å²) in [6, 6.07) is 6.72. The topological polar surface area (TPSA) is 52.4 Å². The van der Waals surface area contributed by atoms with E-state index < -0.39 is 0 Å². The van der Waals surface area contributed by atoms with Crippen molar-refractivity contribution in [3.63, 3.8) is 0 Å². The molecule has 146 valence electrons. The van der Waals surface area contributed by atoms with E-state index in [4.69, 9.17) is 9.47 Å². The van der Waals surface area contributed by atoms with Crippen molar-refractivity contribution in [3.8, 4) is 0 Å². The molecule has 1 atom stereocenters. The molecule has 1 aromatic carbocycles. The fraction of sp³-hybridized carbons (Fsp3) is 0.600. The quantitative estimate of drug-likeness (QED) is 0.709. The summed E-state index contributed by atoms with van der Waals surface area (Å²) in [6.45, 7) is 9.22. The van der Waals surface area contributed by atoms with Gasteiger partial charge in [0.05, 0.1) is 25.9 Å². The normalized spacial score (nSPS) is 20.4. The van der Waals surface area contributed by atoms with E-state index >= 15 is 0 Å². The second-order valence-corrected chi connectivity index (χ2v) is 8.35. The zero-order valence-electron chi connectivity index (χ0n) is 16.2. The van der Waals surface area contributed by atoms with Crippen LogP contribution in [0.25, 0.3) is 0 Å². The first-order valence-electron chi connectivity index (χ1n) is 9.76. The van der Waals surface area contributed by atoms with Crippen LogP contribution in [-0.4, -0.2) is 53.8 Å². The van der Waals surface area contributed by atoms with Crippen LogP contribution >= 0.6 is 11.8 Å². The maximum atomic E-state index is 5.89. The van der Waals surface area contributed by atoms with E-state index in [1.807, 2.05) is 0 Å².